The summed E-state index contributed by atoms with van der Waals surface area (Å²) < 4.78 is 12.8. The van der Waals surface area contributed by atoms with Gasteiger partial charge in [-0.2, -0.15) is 0 Å². The molecule has 0 bridgehead atoms. The molecule has 52 valence electrons. The van der Waals surface area contributed by atoms with E-state index in [9.17, 15) is 9.18 Å². The van der Waals surface area contributed by atoms with Crippen LogP contribution in [0.4, 0.5) is 4.39 Å². The van der Waals surface area contributed by atoms with Crippen LogP contribution in [0.2, 0.25) is 0 Å². The summed E-state index contributed by atoms with van der Waals surface area (Å²) in [6, 6.07) is 4.74. The van der Waals surface area contributed by atoms with E-state index in [1.165, 1.54) is 6.07 Å². The molecule has 0 aliphatic carbocycles. The predicted molar refractivity (Wildman–Crippen MR) is 36.5 cm³/mol. The number of carbonyl (C=O) groups excluding carboxylic acids is 1. The standard InChI is InChI=1S/C8H7FO/c1-6-3-2-4-7(5-10)8(6)9/h2-5H,1H3. The molecule has 0 saturated carbocycles. The van der Waals surface area contributed by atoms with Crippen LogP contribution in [0.3, 0.4) is 0 Å². The third-order valence-corrected chi connectivity index (χ3v) is 1.35. The minimum Gasteiger partial charge on any atom is -0.298 e. The molecule has 0 heterocycles. The van der Waals surface area contributed by atoms with Gasteiger partial charge in [0, 0.05) is 0 Å². The Labute approximate surface area is 58.5 Å². The van der Waals surface area contributed by atoms with E-state index in [0.717, 1.165) is 0 Å². The maximum atomic E-state index is 12.8. The molecular weight excluding hydrogens is 131 g/mol. The average Bonchev–Trinajstić information content (AvgIpc) is 1.95. The molecule has 0 spiro atoms. The molecule has 10 heavy (non-hydrogen) atoms. The molecule has 0 N–H and O–H groups in total. The predicted octanol–water partition coefficient (Wildman–Crippen LogP) is 1.95. The topological polar surface area (TPSA) is 17.1 Å². The van der Waals surface area contributed by atoms with Gasteiger partial charge in [-0.15, -0.1) is 0 Å². The minimum absolute atomic E-state index is 0.125. The van der Waals surface area contributed by atoms with E-state index in [4.69, 9.17) is 0 Å². The summed E-state index contributed by atoms with van der Waals surface area (Å²) in [6.45, 7) is 1.63. The Kier molecular flexibility index (Phi) is 1.81. The van der Waals surface area contributed by atoms with Crippen LogP contribution >= 0.6 is 0 Å². The highest BCUT2D eigenvalue weighted by molar-refractivity contribution is 5.75. The number of hydrogen-bond acceptors (Lipinski definition) is 1. The molecule has 0 fully saturated rings. The normalized spacial score (nSPS) is 9.40. The summed E-state index contributed by atoms with van der Waals surface area (Å²) in [5.41, 5.74) is 0.629. The van der Waals surface area contributed by atoms with Gasteiger partial charge in [-0.1, -0.05) is 12.1 Å². The van der Waals surface area contributed by atoms with Gasteiger partial charge < -0.3 is 0 Å². The lowest BCUT2D eigenvalue weighted by molar-refractivity contribution is 0.111. The van der Waals surface area contributed by atoms with Gasteiger partial charge in [0.15, 0.2) is 6.29 Å². The van der Waals surface area contributed by atoms with Crippen LogP contribution in [-0.2, 0) is 0 Å². The van der Waals surface area contributed by atoms with Crippen molar-refractivity contribution in [3.05, 3.63) is 35.1 Å². The lowest BCUT2D eigenvalue weighted by Crippen LogP contribution is -1.89. The number of hydrogen-bond donors (Lipinski definition) is 0. The third kappa shape index (κ3) is 1.05. The fourth-order valence-electron chi connectivity index (χ4n) is 0.761. The molecule has 0 aliphatic rings. The second-order valence-corrected chi connectivity index (χ2v) is 2.10. The molecule has 0 radical (unpaired) electrons. The zero-order valence-electron chi connectivity index (χ0n) is 5.60. The largest absolute Gasteiger partial charge is 0.298 e. The molecule has 0 amide bonds. The van der Waals surface area contributed by atoms with Gasteiger partial charge in [0.2, 0.25) is 0 Å². The summed E-state index contributed by atoms with van der Waals surface area (Å²) in [5, 5.41) is 0. The summed E-state index contributed by atoms with van der Waals surface area (Å²) in [7, 11) is 0. The Bertz CT molecular complexity index is 255. The average molecular weight is 138 g/mol. The van der Waals surface area contributed by atoms with Crippen LogP contribution in [-0.4, -0.2) is 6.29 Å². The maximum absolute atomic E-state index is 12.8. The van der Waals surface area contributed by atoms with Crippen molar-refractivity contribution in [3.8, 4) is 0 Å². The second-order valence-electron chi connectivity index (χ2n) is 2.10. The summed E-state index contributed by atoms with van der Waals surface area (Å²) in [6.07, 6.45) is 0.516. The monoisotopic (exact) mass is 138 g/mol. The van der Waals surface area contributed by atoms with Crippen molar-refractivity contribution in [2.24, 2.45) is 0 Å². The number of aldehydes is 1. The lowest BCUT2D eigenvalue weighted by atomic mass is 10.1. The highest BCUT2D eigenvalue weighted by Gasteiger charge is 2.00. The van der Waals surface area contributed by atoms with Crippen molar-refractivity contribution < 1.29 is 9.18 Å². The van der Waals surface area contributed by atoms with Crippen molar-refractivity contribution in [2.75, 3.05) is 0 Å². The van der Waals surface area contributed by atoms with Crippen molar-refractivity contribution in [3.63, 3.8) is 0 Å². The van der Waals surface area contributed by atoms with Crippen LogP contribution in [0.15, 0.2) is 18.2 Å². The Hall–Kier alpha value is -1.18. The van der Waals surface area contributed by atoms with Crippen LogP contribution in [0.25, 0.3) is 0 Å². The van der Waals surface area contributed by atoms with Gasteiger partial charge in [0.25, 0.3) is 0 Å². The Morgan fingerprint density at radius 1 is 1.50 bits per heavy atom. The molecule has 0 atom stereocenters. The van der Waals surface area contributed by atoms with E-state index in [0.29, 0.717) is 11.8 Å². The molecule has 2 heteroatoms. The van der Waals surface area contributed by atoms with Gasteiger partial charge in [-0.05, 0) is 18.6 Å². The molecule has 1 nitrogen and oxygen atoms in total. The van der Waals surface area contributed by atoms with Crippen LogP contribution < -0.4 is 0 Å². The maximum Gasteiger partial charge on any atom is 0.153 e. The molecule has 0 aliphatic heterocycles. The van der Waals surface area contributed by atoms with Crippen molar-refractivity contribution in [2.45, 2.75) is 6.92 Å². The molecular formula is C8H7FO. The van der Waals surface area contributed by atoms with Gasteiger partial charge in [-0.3, -0.25) is 4.79 Å². The third-order valence-electron chi connectivity index (χ3n) is 1.35. The quantitative estimate of drug-likeness (QED) is 0.542. The van der Waals surface area contributed by atoms with Gasteiger partial charge in [-0.25, -0.2) is 4.39 Å². The van der Waals surface area contributed by atoms with Gasteiger partial charge in [0.05, 0.1) is 5.56 Å². The first-order valence-corrected chi connectivity index (χ1v) is 2.96. The van der Waals surface area contributed by atoms with Crippen LogP contribution in [0.5, 0.6) is 0 Å². The van der Waals surface area contributed by atoms with Gasteiger partial charge in [0.1, 0.15) is 5.82 Å². The van der Waals surface area contributed by atoms with E-state index in [1.807, 2.05) is 0 Å². The SMILES string of the molecule is Cc1cccc(C=O)c1F. The van der Waals surface area contributed by atoms with E-state index in [1.54, 1.807) is 19.1 Å². The van der Waals surface area contributed by atoms with E-state index >= 15 is 0 Å². The second kappa shape index (κ2) is 2.60. The molecule has 1 aromatic rings. The first-order chi connectivity index (χ1) is 4.75. The van der Waals surface area contributed by atoms with E-state index in [-0.39, 0.29) is 5.56 Å². The molecule has 0 saturated heterocycles. The molecule has 1 rings (SSSR count). The summed E-state index contributed by atoms with van der Waals surface area (Å²) in [4.78, 5) is 10.1. The lowest BCUT2D eigenvalue weighted by Gasteiger charge is -1.95. The summed E-state index contributed by atoms with van der Waals surface area (Å²) in [5.74, 6) is -0.419. The molecule has 1 aromatic carbocycles. The van der Waals surface area contributed by atoms with Crippen molar-refractivity contribution in [1.29, 1.82) is 0 Å². The number of aryl methyl sites for hydroxylation is 1. The number of halogens is 1. The van der Waals surface area contributed by atoms with E-state index in [2.05, 4.69) is 0 Å². The smallest absolute Gasteiger partial charge is 0.153 e. The molecule has 0 aromatic heterocycles. The van der Waals surface area contributed by atoms with Crippen molar-refractivity contribution >= 4 is 6.29 Å². The zero-order chi connectivity index (χ0) is 7.56. The van der Waals surface area contributed by atoms with Crippen LogP contribution in [0, 0.1) is 12.7 Å². The van der Waals surface area contributed by atoms with E-state index < -0.39 is 5.82 Å². The number of carbonyl (C=O) groups is 1. The number of benzene rings is 1. The van der Waals surface area contributed by atoms with Crippen LogP contribution in [0.1, 0.15) is 15.9 Å². The highest BCUT2D eigenvalue weighted by Crippen LogP contribution is 2.08. The minimum atomic E-state index is -0.419. The first-order valence-electron chi connectivity index (χ1n) is 2.96. The Balaban J connectivity index is 3.27. The highest BCUT2D eigenvalue weighted by atomic mass is 19.1. The van der Waals surface area contributed by atoms with Gasteiger partial charge >= 0.3 is 0 Å². The summed E-state index contributed by atoms with van der Waals surface area (Å²) >= 11 is 0. The Morgan fingerprint density at radius 2 is 2.20 bits per heavy atom. The van der Waals surface area contributed by atoms with Crippen molar-refractivity contribution in [1.82, 2.24) is 0 Å². The first kappa shape index (κ1) is 6.93. The fourth-order valence-corrected chi connectivity index (χ4v) is 0.761. The Morgan fingerprint density at radius 3 is 2.70 bits per heavy atom. The fraction of sp³-hybridized carbons (Fsp3) is 0.125. The zero-order valence-corrected chi connectivity index (χ0v) is 5.60. The molecule has 0 unspecified atom stereocenters. The number of rotatable bonds is 1.